The summed E-state index contributed by atoms with van der Waals surface area (Å²) in [4.78, 5) is 24.4. The minimum atomic E-state index is -1.19. The van der Waals surface area contributed by atoms with Gasteiger partial charge in [0.25, 0.3) is 0 Å². The van der Waals surface area contributed by atoms with E-state index in [1.807, 2.05) is 36.4 Å². The first kappa shape index (κ1) is 22.2. The van der Waals surface area contributed by atoms with Crippen LogP contribution in [0, 0.1) is 0 Å². The molecule has 0 heterocycles. The molecule has 7 nitrogen and oxygen atoms in total. The molecule has 0 spiro atoms. The third kappa shape index (κ3) is 4.48. The number of carbonyl (C=O) groups is 2. The fourth-order valence-corrected chi connectivity index (χ4v) is 4.32. The molecule has 170 valence electrons. The first-order chi connectivity index (χ1) is 16.0. The average Bonchev–Trinajstić information content (AvgIpc) is 3.15. The summed E-state index contributed by atoms with van der Waals surface area (Å²) in [5, 5.41) is 12.1. The van der Waals surface area contributed by atoms with Crippen LogP contribution in [0.25, 0.3) is 11.1 Å². The van der Waals surface area contributed by atoms with E-state index in [4.69, 9.17) is 14.2 Å². The van der Waals surface area contributed by atoms with E-state index in [-0.39, 0.29) is 18.9 Å². The van der Waals surface area contributed by atoms with E-state index in [1.165, 1.54) is 14.2 Å². The lowest BCUT2D eigenvalue weighted by Gasteiger charge is -2.19. The van der Waals surface area contributed by atoms with Gasteiger partial charge in [-0.05, 0) is 28.3 Å². The van der Waals surface area contributed by atoms with Crippen LogP contribution in [0.2, 0.25) is 0 Å². The van der Waals surface area contributed by atoms with Gasteiger partial charge in [0.15, 0.2) is 11.5 Å². The molecule has 7 heteroatoms. The van der Waals surface area contributed by atoms with E-state index < -0.39 is 18.1 Å². The van der Waals surface area contributed by atoms with Crippen LogP contribution in [0.15, 0.2) is 66.7 Å². The first-order valence-electron chi connectivity index (χ1n) is 10.6. The summed E-state index contributed by atoms with van der Waals surface area (Å²) in [6, 6.07) is 20.0. The zero-order chi connectivity index (χ0) is 23.4. The second-order valence-corrected chi connectivity index (χ2v) is 7.72. The van der Waals surface area contributed by atoms with Crippen LogP contribution in [0.3, 0.4) is 0 Å². The van der Waals surface area contributed by atoms with Gasteiger partial charge in [-0.15, -0.1) is 0 Å². The van der Waals surface area contributed by atoms with E-state index in [2.05, 4.69) is 17.4 Å². The van der Waals surface area contributed by atoms with E-state index in [1.54, 1.807) is 18.2 Å². The molecular weight excluding hydrogens is 422 g/mol. The highest BCUT2D eigenvalue weighted by Gasteiger charge is 2.30. The molecule has 1 aliphatic carbocycles. The molecule has 1 amide bonds. The maximum Gasteiger partial charge on any atom is 0.407 e. The molecule has 1 unspecified atom stereocenters. The predicted molar refractivity (Wildman–Crippen MR) is 123 cm³/mol. The van der Waals surface area contributed by atoms with Gasteiger partial charge in [0.05, 0.1) is 14.2 Å². The molecule has 1 atom stereocenters. The van der Waals surface area contributed by atoms with Crippen molar-refractivity contribution in [2.45, 2.75) is 18.4 Å². The topological polar surface area (TPSA) is 94.1 Å². The van der Waals surface area contributed by atoms with Gasteiger partial charge in [0.2, 0.25) is 0 Å². The van der Waals surface area contributed by atoms with E-state index in [9.17, 15) is 14.7 Å². The van der Waals surface area contributed by atoms with Crippen LogP contribution < -0.4 is 14.8 Å². The lowest BCUT2D eigenvalue weighted by Crippen LogP contribution is -2.43. The average molecular weight is 447 g/mol. The number of hydrogen-bond acceptors (Lipinski definition) is 5. The number of ether oxygens (including phenoxy) is 3. The van der Waals surface area contributed by atoms with Crippen LogP contribution in [-0.2, 0) is 16.0 Å². The van der Waals surface area contributed by atoms with Gasteiger partial charge in [-0.3, -0.25) is 0 Å². The molecule has 2 N–H and O–H groups in total. The highest BCUT2D eigenvalue weighted by Crippen LogP contribution is 2.44. The van der Waals surface area contributed by atoms with Crippen molar-refractivity contribution in [3.05, 3.63) is 83.4 Å². The molecule has 4 rings (SSSR count). The minimum absolute atomic E-state index is 0.0138. The Hall–Kier alpha value is -4.00. The number of aliphatic carboxylic acids is 1. The predicted octanol–water partition coefficient (Wildman–Crippen LogP) is 4.24. The summed E-state index contributed by atoms with van der Waals surface area (Å²) in [6.07, 6.45) is -0.772. The van der Waals surface area contributed by atoms with Crippen molar-refractivity contribution in [3.8, 4) is 22.6 Å². The largest absolute Gasteiger partial charge is 0.493 e. The Bertz CT molecular complexity index is 1130. The van der Waals surface area contributed by atoms with Crippen molar-refractivity contribution in [2.75, 3.05) is 20.8 Å². The number of methoxy groups -OCH3 is 2. The van der Waals surface area contributed by atoms with Crippen molar-refractivity contribution in [1.29, 1.82) is 0 Å². The third-order valence-electron chi connectivity index (χ3n) is 5.84. The Balaban J connectivity index is 1.45. The summed E-state index contributed by atoms with van der Waals surface area (Å²) in [5.41, 5.74) is 5.01. The minimum Gasteiger partial charge on any atom is -0.493 e. The van der Waals surface area contributed by atoms with Crippen LogP contribution >= 0.6 is 0 Å². The quantitative estimate of drug-likeness (QED) is 0.537. The Morgan fingerprint density at radius 3 is 2.12 bits per heavy atom. The molecule has 0 saturated carbocycles. The van der Waals surface area contributed by atoms with Crippen LogP contribution in [-0.4, -0.2) is 44.0 Å². The van der Waals surface area contributed by atoms with Crippen LogP contribution in [0.5, 0.6) is 11.5 Å². The molecule has 0 fully saturated rings. The fraction of sp³-hybridized carbons (Fsp3) is 0.231. The molecule has 0 saturated heterocycles. The molecule has 0 aromatic heterocycles. The number of para-hydroxylation sites is 1. The van der Waals surface area contributed by atoms with E-state index in [0.29, 0.717) is 17.1 Å². The molecule has 3 aromatic rings. The van der Waals surface area contributed by atoms with Gasteiger partial charge in [-0.2, -0.15) is 0 Å². The van der Waals surface area contributed by atoms with Gasteiger partial charge in [-0.25, -0.2) is 9.59 Å². The molecule has 1 aliphatic rings. The van der Waals surface area contributed by atoms with Crippen LogP contribution in [0.1, 0.15) is 22.6 Å². The van der Waals surface area contributed by atoms with Gasteiger partial charge < -0.3 is 24.6 Å². The number of carboxylic acid groups (broad SMARTS) is 1. The van der Waals surface area contributed by atoms with Gasteiger partial charge in [0.1, 0.15) is 12.6 Å². The molecular formula is C26H25NO6. The lowest BCUT2D eigenvalue weighted by molar-refractivity contribution is -0.139. The van der Waals surface area contributed by atoms with Crippen molar-refractivity contribution >= 4 is 12.1 Å². The molecule has 0 radical (unpaired) electrons. The summed E-state index contributed by atoms with van der Waals surface area (Å²) in [6.45, 7) is 0.106. The Morgan fingerprint density at radius 2 is 1.55 bits per heavy atom. The highest BCUT2D eigenvalue weighted by atomic mass is 16.5. The summed E-state index contributed by atoms with van der Waals surface area (Å²) < 4.78 is 16.1. The Labute approximate surface area is 191 Å². The summed E-state index contributed by atoms with van der Waals surface area (Å²) >= 11 is 0. The number of hydrogen-bond donors (Lipinski definition) is 2. The zero-order valence-electron chi connectivity index (χ0n) is 18.4. The molecule has 0 aliphatic heterocycles. The molecule has 33 heavy (non-hydrogen) atoms. The number of fused-ring (bicyclic) bond motifs is 3. The molecule has 0 bridgehead atoms. The zero-order valence-corrected chi connectivity index (χ0v) is 18.4. The second-order valence-electron chi connectivity index (χ2n) is 7.72. The Morgan fingerprint density at radius 1 is 0.909 bits per heavy atom. The number of carboxylic acids is 1. The van der Waals surface area contributed by atoms with Crippen LogP contribution in [0.4, 0.5) is 4.79 Å². The second kappa shape index (κ2) is 9.65. The SMILES string of the molecule is COc1cccc(CC(NC(=O)OCC2c3ccccc3-c3ccccc32)C(=O)O)c1OC. The Kier molecular flexibility index (Phi) is 6.49. The summed E-state index contributed by atoms with van der Waals surface area (Å²) in [7, 11) is 2.99. The number of alkyl carbamates (subject to hydrolysis) is 1. The van der Waals surface area contributed by atoms with Crippen molar-refractivity contribution in [3.63, 3.8) is 0 Å². The first-order valence-corrected chi connectivity index (χ1v) is 10.6. The van der Waals surface area contributed by atoms with Gasteiger partial charge in [0, 0.05) is 17.9 Å². The van der Waals surface area contributed by atoms with Gasteiger partial charge >= 0.3 is 12.1 Å². The third-order valence-corrected chi connectivity index (χ3v) is 5.84. The fourth-order valence-electron chi connectivity index (χ4n) is 4.32. The number of amides is 1. The maximum absolute atomic E-state index is 12.6. The van der Waals surface area contributed by atoms with Crippen molar-refractivity contribution in [1.82, 2.24) is 5.32 Å². The number of benzene rings is 3. The number of carbonyl (C=O) groups excluding carboxylic acids is 1. The highest BCUT2D eigenvalue weighted by molar-refractivity contribution is 5.81. The molecule has 3 aromatic carbocycles. The maximum atomic E-state index is 12.6. The van der Waals surface area contributed by atoms with Crippen molar-refractivity contribution in [2.24, 2.45) is 0 Å². The number of rotatable bonds is 8. The van der Waals surface area contributed by atoms with Gasteiger partial charge in [-0.1, -0.05) is 60.7 Å². The van der Waals surface area contributed by atoms with E-state index in [0.717, 1.165) is 22.3 Å². The lowest BCUT2D eigenvalue weighted by atomic mass is 9.98. The van der Waals surface area contributed by atoms with E-state index >= 15 is 0 Å². The number of nitrogens with one attached hydrogen (secondary N) is 1. The summed E-state index contributed by atoms with van der Waals surface area (Å²) in [5.74, 6) is -0.362. The monoisotopic (exact) mass is 447 g/mol. The normalized spacial score (nSPS) is 12.9. The standard InChI is InChI=1S/C26H25NO6/c1-31-23-13-7-8-16(24(23)32-2)14-22(25(28)29)27-26(30)33-15-21-19-11-5-3-9-17(19)18-10-4-6-12-20(18)21/h3-13,21-22H,14-15H2,1-2H3,(H,27,30)(H,28,29). The smallest absolute Gasteiger partial charge is 0.407 e. The van der Waals surface area contributed by atoms with Crippen molar-refractivity contribution < 1.29 is 28.9 Å².